The molecule has 6 heteroatoms. The fourth-order valence-corrected chi connectivity index (χ4v) is 2.12. The minimum Gasteiger partial charge on any atom is -0.364 e. The second kappa shape index (κ2) is 6.89. The molecule has 0 radical (unpaired) electrons. The number of primary amides is 1. The topological polar surface area (TPSA) is 89.5 Å². The number of nitrogens with zero attached hydrogens (tertiary/aromatic N) is 2. The molecular weight excluding hydrogens is 280 g/mol. The number of hydrogen-bond donors (Lipinski definition) is 2. The minimum absolute atomic E-state index is 0.140. The zero-order valence-corrected chi connectivity index (χ0v) is 12.7. The van der Waals surface area contributed by atoms with Gasteiger partial charge in [-0.05, 0) is 31.4 Å². The van der Waals surface area contributed by atoms with Crippen molar-refractivity contribution in [3.63, 3.8) is 0 Å². The van der Waals surface area contributed by atoms with Gasteiger partial charge in [0.1, 0.15) is 17.0 Å². The summed E-state index contributed by atoms with van der Waals surface area (Å²) < 4.78 is 1.58. The van der Waals surface area contributed by atoms with E-state index in [1.54, 1.807) is 22.6 Å². The number of nitrogens with one attached hydrogen (secondary N) is 1. The van der Waals surface area contributed by atoms with Crippen LogP contribution in [-0.4, -0.2) is 27.7 Å². The molecule has 0 aromatic carbocycles. The smallest absolute Gasteiger partial charge is 0.268 e. The van der Waals surface area contributed by atoms with Crippen LogP contribution in [0.15, 0.2) is 36.5 Å². The molecule has 3 N–H and O–H groups in total. The van der Waals surface area contributed by atoms with Crippen LogP contribution in [0.1, 0.15) is 41.2 Å². The van der Waals surface area contributed by atoms with Gasteiger partial charge in [-0.3, -0.25) is 14.0 Å². The summed E-state index contributed by atoms with van der Waals surface area (Å²) in [6.45, 7) is 4.63. The van der Waals surface area contributed by atoms with E-state index in [1.807, 2.05) is 13.0 Å². The van der Waals surface area contributed by atoms with Gasteiger partial charge in [-0.15, -0.1) is 0 Å². The highest BCUT2D eigenvalue weighted by molar-refractivity contribution is 5.95. The molecule has 2 rings (SSSR count). The van der Waals surface area contributed by atoms with Crippen molar-refractivity contribution >= 4 is 17.5 Å². The summed E-state index contributed by atoms with van der Waals surface area (Å²) in [5.41, 5.74) is 6.31. The standard InChI is InChI=1S/C16H20N4O2/c1-3-4-6-11(2)9-18-16(22)13-7-5-8-14-19-12(15(17)21)10-20(13)14/h3-5,7-8,10-11H,6,9H2,1-2H3,(H2,17,21)(H,18,22)/b4-3-. The summed E-state index contributed by atoms with van der Waals surface area (Å²) in [5.74, 6) is -0.468. The Kier molecular flexibility index (Phi) is 4.93. The second-order valence-electron chi connectivity index (χ2n) is 5.25. The highest BCUT2D eigenvalue weighted by Gasteiger charge is 2.14. The van der Waals surface area contributed by atoms with Gasteiger partial charge in [0, 0.05) is 12.7 Å². The molecule has 1 atom stereocenters. The molecule has 2 amide bonds. The first kappa shape index (κ1) is 15.8. The molecule has 2 aromatic heterocycles. The Labute approximate surface area is 129 Å². The quantitative estimate of drug-likeness (QED) is 0.797. The van der Waals surface area contributed by atoms with Crippen molar-refractivity contribution in [2.45, 2.75) is 20.3 Å². The minimum atomic E-state index is -0.616. The molecule has 0 saturated heterocycles. The van der Waals surface area contributed by atoms with Crippen LogP contribution in [-0.2, 0) is 0 Å². The summed E-state index contributed by atoms with van der Waals surface area (Å²) >= 11 is 0. The third-order valence-electron chi connectivity index (χ3n) is 3.36. The van der Waals surface area contributed by atoms with Crippen molar-refractivity contribution < 1.29 is 9.59 Å². The largest absolute Gasteiger partial charge is 0.364 e. The second-order valence-corrected chi connectivity index (χ2v) is 5.25. The van der Waals surface area contributed by atoms with Crippen LogP contribution in [0, 0.1) is 5.92 Å². The molecule has 22 heavy (non-hydrogen) atoms. The molecule has 0 aliphatic carbocycles. The molecule has 2 aromatic rings. The molecule has 0 saturated carbocycles. The maximum Gasteiger partial charge on any atom is 0.268 e. The van der Waals surface area contributed by atoms with Gasteiger partial charge in [-0.25, -0.2) is 4.98 Å². The molecule has 0 aliphatic heterocycles. The molecular formula is C16H20N4O2. The molecule has 116 valence electrons. The third kappa shape index (κ3) is 3.52. The average Bonchev–Trinajstić information content (AvgIpc) is 2.94. The summed E-state index contributed by atoms with van der Waals surface area (Å²) in [5, 5.41) is 2.90. The van der Waals surface area contributed by atoms with Gasteiger partial charge in [0.25, 0.3) is 11.8 Å². The van der Waals surface area contributed by atoms with Crippen LogP contribution in [0.5, 0.6) is 0 Å². The predicted octanol–water partition coefficient (Wildman–Crippen LogP) is 1.77. The van der Waals surface area contributed by atoms with Gasteiger partial charge >= 0.3 is 0 Å². The number of carbonyl (C=O) groups excluding carboxylic acids is 2. The maximum atomic E-state index is 12.3. The molecule has 1 unspecified atom stereocenters. The number of rotatable bonds is 6. The van der Waals surface area contributed by atoms with Crippen molar-refractivity contribution in [2.75, 3.05) is 6.54 Å². The Bertz CT molecular complexity index is 718. The molecule has 0 bridgehead atoms. The SMILES string of the molecule is C/C=C\CC(C)CNC(=O)c1cccc2nc(C(N)=O)cn12. The Morgan fingerprint density at radius 3 is 2.91 bits per heavy atom. The van der Waals surface area contributed by atoms with E-state index >= 15 is 0 Å². The van der Waals surface area contributed by atoms with Crippen LogP contribution < -0.4 is 11.1 Å². The Morgan fingerprint density at radius 2 is 2.23 bits per heavy atom. The van der Waals surface area contributed by atoms with Crippen molar-refractivity contribution in [2.24, 2.45) is 11.7 Å². The number of allylic oxidation sites excluding steroid dienone is 2. The monoisotopic (exact) mass is 300 g/mol. The lowest BCUT2D eigenvalue weighted by Crippen LogP contribution is -2.29. The number of carbonyl (C=O) groups is 2. The molecule has 2 heterocycles. The van der Waals surface area contributed by atoms with Crippen molar-refractivity contribution in [3.8, 4) is 0 Å². The summed E-state index contributed by atoms with van der Waals surface area (Å²) in [6.07, 6.45) is 6.47. The van der Waals surface area contributed by atoms with E-state index in [-0.39, 0.29) is 11.6 Å². The van der Waals surface area contributed by atoms with E-state index in [9.17, 15) is 9.59 Å². The number of hydrogen-bond acceptors (Lipinski definition) is 3. The zero-order valence-electron chi connectivity index (χ0n) is 12.7. The highest BCUT2D eigenvalue weighted by atomic mass is 16.2. The van der Waals surface area contributed by atoms with E-state index < -0.39 is 5.91 Å². The van der Waals surface area contributed by atoms with E-state index in [0.717, 1.165) is 6.42 Å². The first-order valence-corrected chi connectivity index (χ1v) is 7.20. The van der Waals surface area contributed by atoms with Crippen LogP contribution in [0.2, 0.25) is 0 Å². The van der Waals surface area contributed by atoms with Crippen molar-refractivity contribution in [1.82, 2.24) is 14.7 Å². The average molecular weight is 300 g/mol. The Morgan fingerprint density at radius 1 is 1.45 bits per heavy atom. The van der Waals surface area contributed by atoms with Gasteiger partial charge in [-0.1, -0.05) is 25.1 Å². The lowest BCUT2D eigenvalue weighted by atomic mass is 10.1. The van der Waals surface area contributed by atoms with E-state index in [2.05, 4.69) is 23.3 Å². The molecule has 0 spiro atoms. The number of amides is 2. The fraction of sp³-hybridized carbons (Fsp3) is 0.312. The fourth-order valence-electron chi connectivity index (χ4n) is 2.12. The Balaban J connectivity index is 2.16. The first-order valence-electron chi connectivity index (χ1n) is 7.20. The van der Waals surface area contributed by atoms with Crippen molar-refractivity contribution in [1.29, 1.82) is 0 Å². The number of aromatic nitrogens is 2. The molecule has 6 nitrogen and oxygen atoms in total. The van der Waals surface area contributed by atoms with E-state index in [4.69, 9.17) is 5.73 Å². The van der Waals surface area contributed by atoms with Crippen LogP contribution >= 0.6 is 0 Å². The normalized spacial score (nSPS) is 12.6. The lowest BCUT2D eigenvalue weighted by molar-refractivity contribution is 0.0940. The highest BCUT2D eigenvalue weighted by Crippen LogP contribution is 2.09. The summed E-state index contributed by atoms with van der Waals surface area (Å²) in [4.78, 5) is 27.6. The number of nitrogens with two attached hydrogens (primary N) is 1. The van der Waals surface area contributed by atoms with Gasteiger partial charge in [0.2, 0.25) is 0 Å². The van der Waals surface area contributed by atoms with Gasteiger partial charge in [0.05, 0.1) is 0 Å². The zero-order chi connectivity index (χ0) is 16.1. The molecule has 0 fully saturated rings. The maximum absolute atomic E-state index is 12.3. The summed E-state index contributed by atoms with van der Waals surface area (Å²) in [7, 11) is 0. The van der Waals surface area contributed by atoms with Crippen LogP contribution in [0.3, 0.4) is 0 Å². The number of fused-ring (bicyclic) bond motifs is 1. The molecule has 0 aliphatic rings. The van der Waals surface area contributed by atoms with Crippen LogP contribution in [0.4, 0.5) is 0 Å². The predicted molar refractivity (Wildman–Crippen MR) is 84.6 cm³/mol. The number of imidazole rings is 1. The van der Waals surface area contributed by atoms with Crippen LogP contribution in [0.25, 0.3) is 5.65 Å². The Hall–Kier alpha value is -2.63. The number of pyridine rings is 1. The van der Waals surface area contributed by atoms with Crippen molar-refractivity contribution in [3.05, 3.63) is 47.9 Å². The van der Waals surface area contributed by atoms with Gasteiger partial charge in [-0.2, -0.15) is 0 Å². The summed E-state index contributed by atoms with van der Waals surface area (Å²) in [6, 6.07) is 5.13. The van der Waals surface area contributed by atoms with Gasteiger partial charge in [0.15, 0.2) is 0 Å². The van der Waals surface area contributed by atoms with E-state index in [0.29, 0.717) is 23.8 Å². The third-order valence-corrected chi connectivity index (χ3v) is 3.36. The van der Waals surface area contributed by atoms with Gasteiger partial charge < -0.3 is 11.1 Å². The first-order chi connectivity index (χ1) is 10.5. The lowest BCUT2D eigenvalue weighted by Gasteiger charge is -2.11. The van der Waals surface area contributed by atoms with E-state index in [1.165, 1.54) is 6.20 Å².